The minimum atomic E-state index is -0.774. The zero-order valence-electron chi connectivity index (χ0n) is 16.1. The van der Waals surface area contributed by atoms with Gasteiger partial charge in [0.1, 0.15) is 12.1 Å². The normalized spacial score (nSPS) is 28.8. The second kappa shape index (κ2) is 9.71. The van der Waals surface area contributed by atoms with E-state index in [2.05, 4.69) is 27.8 Å². The van der Waals surface area contributed by atoms with Crippen molar-refractivity contribution in [1.82, 2.24) is 25.8 Å². The number of carbonyl (C=O) groups is 3. The highest BCUT2D eigenvalue weighted by molar-refractivity contribution is 6.09. The van der Waals surface area contributed by atoms with Gasteiger partial charge in [0.25, 0.3) is 5.91 Å². The van der Waals surface area contributed by atoms with Crippen molar-refractivity contribution in [3.8, 4) is 0 Å². The first-order valence-corrected chi connectivity index (χ1v) is 9.88. The molecule has 0 radical (unpaired) electrons. The number of amides is 4. The van der Waals surface area contributed by atoms with Crippen LogP contribution in [0.3, 0.4) is 0 Å². The maximum atomic E-state index is 12.8. The average Bonchev–Trinajstić information content (AvgIpc) is 2.87. The number of urea groups is 1. The minimum Gasteiger partial charge on any atom is -0.353 e. The first-order valence-electron chi connectivity index (χ1n) is 9.88. The lowest BCUT2D eigenvalue weighted by Crippen LogP contribution is -2.50. The summed E-state index contributed by atoms with van der Waals surface area (Å²) in [6.45, 7) is 7.19. The number of rotatable bonds is 6. The van der Waals surface area contributed by atoms with Gasteiger partial charge >= 0.3 is 6.03 Å². The maximum Gasteiger partial charge on any atom is 0.325 e. The maximum absolute atomic E-state index is 12.8. The van der Waals surface area contributed by atoms with Crippen LogP contribution in [-0.4, -0.2) is 79.0 Å². The average molecular weight is 402 g/mol. The number of hydrogen-bond donors (Lipinski definition) is 3. The summed E-state index contributed by atoms with van der Waals surface area (Å²) in [6.07, 6.45) is 4.37. The molecule has 3 rings (SSSR count). The van der Waals surface area contributed by atoms with Crippen LogP contribution in [0, 0.1) is 5.92 Å². The number of imide groups is 1. The van der Waals surface area contributed by atoms with Crippen LogP contribution < -0.4 is 16.0 Å². The van der Waals surface area contributed by atoms with Gasteiger partial charge in [-0.15, -0.1) is 12.4 Å². The van der Waals surface area contributed by atoms with Gasteiger partial charge in [0.15, 0.2) is 0 Å². The van der Waals surface area contributed by atoms with E-state index in [0.717, 1.165) is 56.9 Å². The molecule has 4 amide bonds. The number of halogens is 1. The van der Waals surface area contributed by atoms with Crippen LogP contribution in [0.5, 0.6) is 0 Å². The molecule has 9 heteroatoms. The van der Waals surface area contributed by atoms with Gasteiger partial charge in [-0.3, -0.25) is 19.4 Å². The van der Waals surface area contributed by atoms with E-state index in [0.29, 0.717) is 25.3 Å². The van der Waals surface area contributed by atoms with E-state index in [1.807, 2.05) is 0 Å². The SMILES string of the molecule is CCC1CCC2(CC1)NC(=O)N(CC(=O)NCCN1CCNCC1)C2=O.Cl. The molecule has 0 aromatic rings. The molecule has 0 bridgehead atoms. The minimum absolute atomic E-state index is 0. The predicted octanol–water partition coefficient (Wildman–Crippen LogP) is 0.320. The summed E-state index contributed by atoms with van der Waals surface area (Å²) < 4.78 is 0. The summed E-state index contributed by atoms with van der Waals surface area (Å²) >= 11 is 0. The fourth-order valence-corrected chi connectivity index (χ4v) is 4.23. The number of hydrogen-bond acceptors (Lipinski definition) is 5. The molecule has 27 heavy (non-hydrogen) atoms. The Bertz CT molecular complexity index is 545. The lowest BCUT2D eigenvalue weighted by Gasteiger charge is -2.34. The molecule has 0 unspecified atom stereocenters. The van der Waals surface area contributed by atoms with Crippen LogP contribution in [0.4, 0.5) is 4.79 Å². The molecule has 3 aliphatic rings. The number of carbonyl (C=O) groups excluding carboxylic acids is 3. The van der Waals surface area contributed by atoms with Crippen LogP contribution in [0.2, 0.25) is 0 Å². The van der Waals surface area contributed by atoms with Crippen LogP contribution in [0.25, 0.3) is 0 Å². The smallest absolute Gasteiger partial charge is 0.325 e. The fourth-order valence-electron chi connectivity index (χ4n) is 4.23. The predicted molar refractivity (Wildman–Crippen MR) is 105 cm³/mol. The third kappa shape index (κ3) is 5.12. The molecule has 154 valence electrons. The van der Waals surface area contributed by atoms with Crippen LogP contribution in [0.1, 0.15) is 39.0 Å². The van der Waals surface area contributed by atoms with E-state index in [4.69, 9.17) is 0 Å². The molecular formula is C18H32ClN5O3. The van der Waals surface area contributed by atoms with Crippen molar-refractivity contribution in [2.45, 2.75) is 44.6 Å². The summed E-state index contributed by atoms with van der Waals surface area (Å²) in [5.74, 6) is 0.130. The van der Waals surface area contributed by atoms with Gasteiger partial charge in [-0.2, -0.15) is 0 Å². The molecule has 0 aromatic heterocycles. The first-order chi connectivity index (χ1) is 12.5. The van der Waals surface area contributed by atoms with E-state index >= 15 is 0 Å². The van der Waals surface area contributed by atoms with Crippen molar-refractivity contribution in [3.05, 3.63) is 0 Å². The van der Waals surface area contributed by atoms with Gasteiger partial charge in [0.2, 0.25) is 5.91 Å². The highest BCUT2D eigenvalue weighted by Crippen LogP contribution is 2.37. The Morgan fingerprint density at radius 1 is 1.22 bits per heavy atom. The molecule has 2 heterocycles. The van der Waals surface area contributed by atoms with E-state index in [9.17, 15) is 14.4 Å². The van der Waals surface area contributed by atoms with Crippen LogP contribution >= 0.6 is 12.4 Å². The van der Waals surface area contributed by atoms with Crippen molar-refractivity contribution < 1.29 is 14.4 Å². The Labute approximate surface area is 167 Å². The molecule has 8 nitrogen and oxygen atoms in total. The Morgan fingerprint density at radius 2 is 1.89 bits per heavy atom. The summed E-state index contributed by atoms with van der Waals surface area (Å²) in [4.78, 5) is 40.6. The van der Waals surface area contributed by atoms with Crippen molar-refractivity contribution in [1.29, 1.82) is 0 Å². The lowest BCUT2D eigenvalue weighted by molar-refractivity contribution is -0.136. The van der Waals surface area contributed by atoms with Gasteiger partial charge in [0, 0.05) is 39.3 Å². The molecule has 2 aliphatic heterocycles. The molecule has 1 aliphatic carbocycles. The number of nitrogens with one attached hydrogen (secondary N) is 3. The molecule has 0 aromatic carbocycles. The van der Waals surface area contributed by atoms with E-state index in [1.54, 1.807) is 0 Å². The molecule has 3 fully saturated rings. The molecular weight excluding hydrogens is 370 g/mol. The van der Waals surface area contributed by atoms with Crippen molar-refractivity contribution in [2.24, 2.45) is 5.92 Å². The lowest BCUT2D eigenvalue weighted by atomic mass is 9.75. The molecule has 0 atom stereocenters. The van der Waals surface area contributed by atoms with Gasteiger partial charge in [-0.25, -0.2) is 4.79 Å². The van der Waals surface area contributed by atoms with Gasteiger partial charge < -0.3 is 16.0 Å². The quantitative estimate of drug-likeness (QED) is 0.557. The Hall–Kier alpha value is -1.38. The van der Waals surface area contributed by atoms with Gasteiger partial charge in [0.05, 0.1) is 0 Å². The van der Waals surface area contributed by atoms with Crippen molar-refractivity contribution >= 4 is 30.3 Å². The second-order valence-electron chi connectivity index (χ2n) is 7.70. The van der Waals surface area contributed by atoms with Crippen molar-refractivity contribution in [3.63, 3.8) is 0 Å². The van der Waals surface area contributed by atoms with Crippen molar-refractivity contribution in [2.75, 3.05) is 45.8 Å². The third-order valence-corrected chi connectivity index (χ3v) is 6.04. The Morgan fingerprint density at radius 3 is 2.52 bits per heavy atom. The Kier molecular flexibility index (Phi) is 7.88. The monoisotopic (exact) mass is 401 g/mol. The number of nitrogens with zero attached hydrogens (tertiary/aromatic N) is 2. The van der Waals surface area contributed by atoms with E-state index < -0.39 is 11.6 Å². The second-order valence-corrected chi connectivity index (χ2v) is 7.70. The van der Waals surface area contributed by atoms with E-state index in [-0.39, 0.29) is 30.8 Å². The van der Waals surface area contributed by atoms with Crippen LogP contribution in [0.15, 0.2) is 0 Å². The first kappa shape index (κ1) is 21.9. The van der Waals surface area contributed by atoms with Crippen LogP contribution in [-0.2, 0) is 9.59 Å². The standard InChI is InChI=1S/C18H31N5O3.ClH/c1-2-14-3-5-18(6-4-14)16(25)23(17(26)21-18)13-15(24)20-9-12-22-10-7-19-8-11-22;/h14,19H,2-13H2,1H3,(H,20,24)(H,21,26);1H. The summed E-state index contributed by atoms with van der Waals surface area (Å²) in [5.41, 5.74) is -0.774. The largest absolute Gasteiger partial charge is 0.353 e. The third-order valence-electron chi connectivity index (χ3n) is 6.04. The van der Waals surface area contributed by atoms with Gasteiger partial charge in [-0.1, -0.05) is 13.3 Å². The summed E-state index contributed by atoms with van der Waals surface area (Å²) in [6, 6.07) is -0.429. The summed E-state index contributed by atoms with van der Waals surface area (Å²) in [5, 5.41) is 8.99. The molecule has 1 saturated carbocycles. The molecule has 2 saturated heterocycles. The summed E-state index contributed by atoms with van der Waals surface area (Å²) in [7, 11) is 0. The highest BCUT2D eigenvalue weighted by atomic mass is 35.5. The Balaban J connectivity index is 0.00000261. The number of piperazine rings is 1. The van der Waals surface area contributed by atoms with Gasteiger partial charge in [-0.05, 0) is 31.6 Å². The fraction of sp³-hybridized carbons (Fsp3) is 0.833. The topological polar surface area (TPSA) is 93.8 Å². The van der Waals surface area contributed by atoms with E-state index in [1.165, 1.54) is 0 Å². The highest BCUT2D eigenvalue weighted by Gasteiger charge is 2.52. The zero-order chi connectivity index (χ0) is 18.6. The molecule has 3 N–H and O–H groups in total. The zero-order valence-corrected chi connectivity index (χ0v) is 16.9. The molecule has 1 spiro atoms.